The Hall–Kier alpha value is -2.10. The summed E-state index contributed by atoms with van der Waals surface area (Å²) in [4.78, 5) is 7.79. The van der Waals surface area contributed by atoms with Gasteiger partial charge in [0.15, 0.2) is 5.82 Å². The molecule has 0 aliphatic heterocycles. The van der Waals surface area contributed by atoms with Crippen molar-refractivity contribution in [3.05, 3.63) is 36.0 Å². The molecule has 16 heavy (non-hydrogen) atoms. The SMILES string of the molecule is Cc1ccc2nc(-c3ccn(C)n3)[nH]c2c1. The summed E-state index contributed by atoms with van der Waals surface area (Å²) in [6, 6.07) is 8.12. The third-order valence-electron chi connectivity index (χ3n) is 2.59. The molecule has 3 rings (SSSR count). The summed E-state index contributed by atoms with van der Waals surface area (Å²) in [5, 5.41) is 4.32. The second-order valence-corrected chi connectivity index (χ2v) is 3.98. The van der Waals surface area contributed by atoms with Crippen molar-refractivity contribution in [3.63, 3.8) is 0 Å². The molecule has 0 bridgehead atoms. The fourth-order valence-electron chi connectivity index (χ4n) is 1.79. The molecule has 2 aromatic heterocycles. The second-order valence-electron chi connectivity index (χ2n) is 3.98. The first-order valence-electron chi connectivity index (χ1n) is 5.19. The molecule has 0 saturated heterocycles. The van der Waals surface area contributed by atoms with Gasteiger partial charge in [-0.25, -0.2) is 4.98 Å². The first-order chi connectivity index (χ1) is 7.72. The summed E-state index contributed by atoms with van der Waals surface area (Å²) in [5.74, 6) is 0.821. The van der Waals surface area contributed by atoms with Crippen LogP contribution in [0.25, 0.3) is 22.6 Å². The lowest BCUT2D eigenvalue weighted by molar-refractivity contribution is 0.769. The number of aromatic nitrogens is 4. The number of nitrogens with zero attached hydrogens (tertiary/aromatic N) is 3. The van der Waals surface area contributed by atoms with Gasteiger partial charge in [-0.15, -0.1) is 0 Å². The van der Waals surface area contributed by atoms with E-state index in [-0.39, 0.29) is 0 Å². The molecule has 4 heteroatoms. The largest absolute Gasteiger partial charge is 0.337 e. The number of aromatic amines is 1. The van der Waals surface area contributed by atoms with E-state index < -0.39 is 0 Å². The van der Waals surface area contributed by atoms with Crippen LogP contribution in [0.15, 0.2) is 30.5 Å². The number of hydrogen-bond acceptors (Lipinski definition) is 2. The molecule has 0 atom stereocenters. The maximum Gasteiger partial charge on any atom is 0.159 e. The lowest BCUT2D eigenvalue weighted by Crippen LogP contribution is -1.88. The third kappa shape index (κ3) is 1.39. The smallest absolute Gasteiger partial charge is 0.159 e. The van der Waals surface area contributed by atoms with E-state index in [4.69, 9.17) is 0 Å². The summed E-state index contributed by atoms with van der Waals surface area (Å²) >= 11 is 0. The first-order valence-corrected chi connectivity index (χ1v) is 5.19. The van der Waals surface area contributed by atoms with Crippen molar-refractivity contribution in [2.75, 3.05) is 0 Å². The van der Waals surface area contributed by atoms with Gasteiger partial charge in [0.2, 0.25) is 0 Å². The van der Waals surface area contributed by atoms with Crippen LogP contribution in [0.4, 0.5) is 0 Å². The Morgan fingerprint density at radius 3 is 2.88 bits per heavy atom. The topological polar surface area (TPSA) is 46.5 Å². The molecule has 0 fully saturated rings. The van der Waals surface area contributed by atoms with E-state index in [1.165, 1.54) is 5.56 Å². The van der Waals surface area contributed by atoms with Crippen LogP contribution in [-0.2, 0) is 7.05 Å². The van der Waals surface area contributed by atoms with Gasteiger partial charge in [-0.2, -0.15) is 5.10 Å². The Morgan fingerprint density at radius 1 is 1.25 bits per heavy atom. The van der Waals surface area contributed by atoms with Gasteiger partial charge in [0.1, 0.15) is 5.69 Å². The fourth-order valence-corrected chi connectivity index (χ4v) is 1.79. The van der Waals surface area contributed by atoms with E-state index in [2.05, 4.69) is 34.1 Å². The van der Waals surface area contributed by atoms with Gasteiger partial charge in [-0.1, -0.05) is 6.07 Å². The van der Waals surface area contributed by atoms with Crippen LogP contribution in [0.2, 0.25) is 0 Å². The number of hydrogen-bond donors (Lipinski definition) is 1. The van der Waals surface area contributed by atoms with Crippen LogP contribution in [-0.4, -0.2) is 19.7 Å². The second kappa shape index (κ2) is 3.20. The van der Waals surface area contributed by atoms with Gasteiger partial charge in [0.05, 0.1) is 11.0 Å². The molecular formula is C12H12N4. The van der Waals surface area contributed by atoms with E-state index in [9.17, 15) is 0 Å². The number of fused-ring (bicyclic) bond motifs is 1. The minimum Gasteiger partial charge on any atom is -0.337 e. The molecule has 0 amide bonds. The Kier molecular flexibility index (Phi) is 1.83. The Morgan fingerprint density at radius 2 is 2.12 bits per heavy atom. The summed E-state index contributed by atoms with van der Waals surface area (Å²) in [6.45, 7) is 2.07. The average molecular weight is 212 g/mol. The maximum atomic E-state index is 4.51. The zero-order chi connectivity index (χ0) is 11.1. The van der Waals surface area contributed by atoms with E-state index in [0.717, 1.165) is 22.6 Å². The Labute approximate surface area is 92.9 Å². The molecule has 2 heterocycles. The van der Waals surface area contributed by atoms with Crippen molar-refractivity contribution in [3.8, 4) is 11.5 Å². The molecule has 4 nitrogen and oxygen atoms in total. The van der Waals surface area contributed by atoms with Crippen molar-refractivity contribution in [1.82, 2.24) is 19.7 Å². The number of H-pyrrole nitrogens is 1. The van der Waals surface area contributed by atoms with Crippen LogP contribution in [0, 0.1) is 6.92 Å². The summed E-state index contributed by atoms with van der Waals surface area (Å²) in [6.07, 6.45) is 1.91. The lowest BCUT2D eigenvalue weighted by atomic mass is 10.2. The average Bonchev–Trinajstić information content (AvgIpc) is 2.83. The predicted octanol–water partition coefficient (Wildman–Crippen LogP) is 2.27. The van der Waals surface area contributed by atoms with Crippen molar-refractivity contribution in [2.45, 2.75) is 6.92 Å². The van der Waals surface area contributed by atoms with E-state index in [1.54, 1.807) is 4.68 Å². The van der Waals surface area contributed by atoms with Crippen LogP contribution >= 0.6 is 0 Å². The van der Waals surface area contributed by atoms with E-state index in [1.807, 2.05) is 25.4 Å². The minimum atomic E-state index is 0.821. The molecule has 0 radical (unpaired) electrons. The Bertz CT molecular complexity index is 648. The predicted molar refractivity (Wildman–Crippen MR) is 63.0 cm³/mol. The number of benzene rings is 1. The number of rotatable bonds is 1. The lowest BCUT2D eigenvalue weighted by Gasteiger charge is -1.89. The first kappa shape index (κ1) is 9.15. The van der Waals surface area contributed by atoms with Gasteiger partial charge in [0.25, 0.3) is 0 Å². The summed E-state index contributed by atoms with van der Waals surface area (Å²) < 4.78 is 1.77. The van der Waals surface area contributed by atoms with Gasteiger partial charge in [-0.3, -0.25) is 4.68 Å². The molecule has 3 aromatic rings. The van der Waals surface area contributed by atoms with Gasteiger partial charge in [0, 0.05) is 13.2 Å². The van der Waals surface area contributed by atoms with Crippen LogP contribution < -0.4 is 0 Å². The molecule has 0 saturated carbocycles. The van der Waals surface area contributed by atoms with E-state index >= 15 is 0 Å². The highest BCUT2D eigenvalue weighted by Gasteiger charge is 2.07. The maximum absolute atomic E-state index is 4.51. The van der Waals surface area contributed by atoms with Crippen LogP contribution in [0.1, 0.15) is 5.56 Å². The van der Waals surface area contributed by atoms with Crippen molar-refractivity contribution >= 4 is 11.0 Å². The summed E-state index contributed by atoms with van der Waals surface area (Å²) in [7, 11) is 1.90. The van der Waals surface area contributed by atoms with Crippen molar-refractivity contribution < 1.29 is 0 Å². The normalized spacial score (nSPS) is 11.1. The van der Waals surface area contributed by atoms with Gasteiger partial charge >= 0.3 is 0 Å². The Balaban J connectivity index is 2.18. The van der Waals surface area contributed by atoms with E-state index in [0.29, 0.717) is 0 Å². The highest BCUT2D eigenvalue weighted by Crippen LogP contribution is 2.19. The molecule has 80 valence electrons. The number of nitrogens with one attached hydrogen (secondary N) is 1. The zero-order valence-electron chi connectivity index (χ0n) is 9.23. The third-order valence-corrected chi connectivity index (χ3v) is 2.59. The van der Waals surface area contributed by atoms with Gasteiger partial charge in [-0.05, 0) is 30.7 Å². The molecular weight excluding hydrogens is 200 g/mol. The van der Waals surface area contributed by atoms with Crippen LogP contribution in [0.5, 0.6) is 0 Å². The summed E-state index contributed by atoms with van der Waals surface area (Å²) in [5.41, 5.74) is 4.13. The van der Waals surface area contributed by atoms with Crippen molar-refractivity contribution in [1.29, 1.82) is 0 Å². The highest BCUT2D eigenvalue weighted by atomic mass is 15.3. The standard InChI is InChI=1S/C12H12N4/c1-8-3-4-9-11(7-8)14-12(13-9)10-5-6-16(2)15-10/h3-7H,1-2H3,(H,13,14). The quantitative estimate of drug-likeness (QED) is 0.672. The molecule has 0 unspecified atom stereocenters. The fraction of sp³-hybridized carbons (Fsp3) is 0.167. The number of imidazole rings is 1. The molecule has 1 aromatic carbocycles. The highest BCUT2D eigenvalue weighted by molar-refractivity contribution is 5.79. The molecule has 0 aliphatic carbocycles. The van der Waals surface area contributed by atoms with Crippen molar-refractivity contribution in [2.24, 2.45) is 7.05 Å². The minimum absolute atomic E-state index is 0.821. The molecule has 0 aliphatic rings. The van der Waals surface area contributed by atoms with Crippen LogP contribution in [0.3, 0.4) is 0 Å². The number of aryl methyl sites for hydroxylation is 2. The monoisotopic (exact) mass is 212 g/mol. The zero-order valence-corrected chi connectivity index (χ0v) is 9.23. The van der Waals surface area contributed by atoms with Gasteiger partial charge < -0.3 is 4.98 Å². The molecule has 1 N–H and O–H groups in total. The molecule has 0 spiro atoms.